The van der Waals surface area contributed by atoms with Crippen molar-refractivity contribution in [3.05, 3.63) is 59.2 Å². The second kappa shape index (κ2) is 7.67. The Morgan fingerprint density at radius 3 is 2.33 bits per heavy atom. The smallest absolute Gasteiger partial charge is 0.171 e. The number of nitrogens with one attached hydrogen (secondary N) is 2. The zero-order valence-corrected chi connectivity index (χ0v) is 15.9. The Morgan fingerprint density at radius 2 is 1.75 bits per heavy atom. The van der Waals surface area contributed by atoms with Crippen LogP contribution in [-0.2, 0) is 12.0 Å². The van der Waals surface area contributed by atoms with Crippen molar-refractivity contribution in [2.45, 2.75) is 39.7 Å². The molecule has 0 fully saturated rings. The molecule has 0 unspecified atom stereocenters. The van der Waals surface area contributed by atoms with Gasteiger partial charge in [-0.05, 0) is 47.8 Å². The maximum atomic E-state index is 5.44. The monoisotopic (exact) mass is 342 g/mol. The van der Waals surface area contributed by atoms with E-state index in [-0.39, 0.29) is 5.41 Å². The molecule has 0 aliphatic rings. The number of methoxy groups -OCH3 is 1. The summed E-state index contributed by atoms with van der Waals surface area (Å²) in [6, 6.07) is 14.6. The normalized spacial score (nSPS) is 11.0. The molecule has 0 aliphatic carbocycles. The van der Waals surface area contributed by atoms with Crippen molar-refractivity contribution in [1.82, 2.24) is 5.32 Å². The molecule has 0 spiro atoms. The molecule has 0 amide bonds. The van der Waals surface area contributed by atoms with Crippen molar-refractivity contribution in [3.8, 4) is 5.75 Å². The van der Waals surface area contributed by atoms with Gasteiger partial charge >= 0.3 is 0 Å². The highest BCUT2D eigenvalue weighted by Gasteiger charge is 2.16. The molecular weight excluding hydrogens is 316 g/mol. The van der Waals surface area contributed by atoms with E-state index in [2.05, 4.69) is 74.7 Å². The largest absolute Gasteiger partial charge is 0.495 e. The minimum atomic E-state index is 0.0691. The summed E-state index contributed by atoms with van der Waals surface area (Å²) >= 11 is 5.43. The standard InChI is InChI=1S/C20H26N2OS/c1-14-6-8-15(9-7-14)13-21-19(24)22-17-12-16(20(2,3)4)10-11-18(17)23-5/h6-12H,13H2,1-5H3,(H2,21,22,24). The van der Waals surface area contributed by atoms with E-state index in [9.17, 15) is 0 Å². The quantitative estimate of drug-likeness (QED) is 0.783. The number of hydrogen-bond acceptors (Lipinski definition) is 2. The van der Waals surface area contributed by atoms with Gasteiger partial charge in [0.2, 0.25) is 0 Å². The molecule has 0 aromatic heterocycles. The van der Waals surface area contributed by atoms with Crippen LogP contribution in [-0.4, -0.2) is 12.2 Å². The third-order valence-electron chi connectivity index (χ3n) is 3.89. The lowest BCUT2D eigenvalue weighted by Crippen LogP contribution is -2.28. The van der Waals surface area contributed by atoms with Gasteiger partial charge in [0, 0.05) is 6.54 Å². The van der Waals surface area contributed by atoms with Crippen LogP contribution in [0.25, 0.3) is 0 Å². The first-order valence-corrected chi connectivity index (χ1v) is 8.49. The summed E-state index contributed by atoms with van der Waals surface area (Å²) in [5.41, 5.74) is 4.63. The van der Waals surface area contributed by atoms with Crippen LogP contribution in [0.2, 0.25) is 0 Å². The fourth-order valence-electron chi connectivity index (χ4n) is 2.33. The topological polar surface area (TPSA) is 33.3 Å². The summed E-state index contributed by atoms with van der Waals surface area (Å²) in [6.45, 7) is 9.33. The van der Waals surface area contributed by atoms with Gasteiger partial charge in [-0.2, -0.15) is 0 Å². The van der Waals surface area contributed by atoms with Crippen LogP contribution in [0.15, 0.2) is 42.5 Å². The van der Waals surface area contributed by atoms with Crippen molar-refractivity contribution in [2.75, 3.05) is 12.4 Å². The molecule has 0 radical (unpaired) electrons. The number of benzene rings is 2. The first kappa shape index (κ1) is 18.3. The Morgan fingerprint density at radius 1 is 1.08 bits per heavy atom. The lowest BCUT2D eigenvalue weighted by atomic mass is 9.87. The fraction of sp³-hybridized carbons (Fsp3) is 0.350. The van der Waals surface area contributed by atoms with Crippen LogP contribution in [0.3, 0.4) is 0 Å². The predicted octanol–water partition coefficient (Wildman–Crippen LogP) is 4.79. The van der Waals surface area contributed by atoms with Gasteiger partial charge in [0.1, 0.15) is 5.75 Å². The predicted molar refractivity (Wildman–Crippen MR) is 106 cm³/mol. The molecule has 0 heterocycles. The van der Waals surface area contributed by atoms with Gasteiger partial charge < -0.3 is 15.4 Å². The van der Waals surface area contributed by atoms with E-state index in [0.29, 0.717) is 11.7 Å². The molecule has 24 heavy (non-hydrogen) atoms. The van der Waals surface area contributed by atoms with E-state index in [1.54, 1.807) is 7.11 Å². The highest BCUT2D eigenvalue weighted by atomic mass is 32.1. The Balaban J connectivity index is 2.05. The number of thiocarbonyl (C=S) groups is 1. The van der Waals surface area contributed by atoms with Crippen LogP contribution in [0.1, 0.15) is 37.5 Å². The average molecular weight is 343 g/mol. The molecular formula is C20H26N2OS. The number of aryl methyl sites for hydroxylation is 1. The van der Waals surface area contributed by atoms with E-state index in [1.165, 1.54) is 16.7 Å². The second-order valence-corrected chi connectivity index (χ2v) is 7.37. The van der Waals surface area contributed by atoms with Crippen LogP contribution in [0, 0.1) is 6.92 Å². The number of rotatable bonds is 4. The zero-order valence-electron chi connectivity index (χ0n) is 15.1. The van der Waals surface area contributed by atoms with Crippen LogP contribution < -0.4 is 15.4 Å². The van der Waals surface area contributed by atoms with E-state index in [4.69, 9.17) is 17.0 Å². The minimum absolute atomic E-state index is 0.0691. The molecule has 2 rings (SSSR count). The molecule has 2 aromatic rings. The minimum Gasteiger partial charge on any atom is -0.495 e. The number of anilines is 1. The van der Waals surface area contributed by atoms with Gasteiger partial charge in [0.05, 0.1) is 12.8 Å². The van der Waals surface area contributed by atoms with Gasteiger partial charge in [0.25, 0.3) is 0 Å². The van der Waals surface area contributed by atoms with Gasteiger partial charge in [0.15, 0.2) is 5.11 Å². The summed E-state index contributed by atoms with van der Waals surface area (Å²) in [5.74, 6) is 0.780. The molecule has 0 bridgehead atoms. The molecule has 0 saturated carbocycles. The Labute approximate surface area is 150 Å². The summed E-state index contributed by atoms with van der Waals surface area (Å²) in [6.07, 6.45) is 0. The first-order chi connectivity index (χ1) is 11.3. The van der Waals surface area contributed by atoms with E-state index >= 15 is 0 Å². The molecule has 4 heteroatoms. The van der Waals surface area contributed by atoms with Crippen LogP contribution in [0.5, 0.6) is 5.75 Å². The van der Waals surface area contributed by atoms with Crippen molar-refractivity contribution < 1.29 is 4.74 Å². The average Bonchev–Trinajstić information content (AvgIpc) is 2.53. The Kier molecular flexibility index (Phi) is 5.84. The maximum absolute atomic E-state index is 5.44. The maximum Gasteiger partial charge on any atom is 0.171 e. The summed E-state index contributed by atoms with van der Waals surface area (Å²) < 4.78 is 5.44. The van der Waals surface area contributed by atoms with E-state index in [0.717, 1.165) is 11.4 Å². The molecule has 2 N–H and O–H groups in total. The summed E-state index contributed by atoms with van der Waals surface area (Å²) in [5, 5.41) is 7.08. The molecule has 128 valence electrons. The third-order valence-corrected chi connectivity index (χ3v) is 4.13. The Hall–Kier alpha value is -2.07. The fourth-order valence-corrected chi connectivity index (χ4v) is 2.51. The number of hydrogen-bond donors (Lipinski definition) is 2. The van der Waals surface area contributed by atoms with Crippen molar-refractivity contribution in [2.24, 2.45) is 0 Å². The molecule has 3 nitrogen and oxygen atoms in total. The Bertz CT molecular complexity index is 703. The first-order valence-electron chi connectivity index (χ1n) is 8.08. The van der Waals surface area contributed by atoms with Crippen LogP contribution in [0.4, 0.5) is 5.69 Å². The van der Waals surface area contributed by atoms with Crippen LogP contribution >= 0.6 is 12.2 Å². The number of ether oxygens (including phenoxy) is 1. The van der Waals surface area contributed by atoms with E-state index in [1.807, 2.05) is 6.07 Å². The van der Waals surface area contributed by atoms with Gasteiger partial charge in [-0.3, -0.25) is 0 Å². The van der Waals surface area contributed by atoms with Gasteiger partial charge in [-0.15, -0.1) is 0 Å². The second-order valence-electron chi connectivity index (χ2n) is 6.96. The molecule has 2 aromatic carbocycles. The van der Waals surface area contributed by atoms with Gasteiger partial charge in [-0.1, -0.05) is 56.7 Å². The van der Waals surface area contributed by atoms with Crippen molar-refractivity contribution in [1.29, 1.82) is 0 Å². The molecule has 0 saturated heterocycles. The molecule has 0 atom stereocenters. The van der Waals surface area contributed by atoms with E-state index < -0.39 is 0 Å². The molecule has 0 aliphatic heterocycles. The highest BCUT2D eigenvalue weighted by molar-refractivity contribution is 7.80. The SMILES string of the molecule is COc1ccc(C(C)(C)C)cc1NC(=S)NCc1ccc(C)cc1. The van der Waals surface area contributed by atoms with Gasteiger partial charge in [-0.25, -0.2) is 0 Å². The summed E-state index contributed by atoms with van der Waals surface area (Å²) in [7, 11) is 1.67. The summed E-state index contributed by atoms with van der Waals surface area (Å²) in [4.78, 5) is 0. The zero-order chi connectivity index (χ0) is 17.7. The van der Waals surface area contributed by atoms with Crippen molar-refractivity contribution in [3.63, 3.8) is 0 Å². The third kappa shape index (κ3) is 4.96. The lowest BCUT2D eigenvalue weighted by molar-refractivity contribution is 0.416. The van der Waals surface area contributed by atoms with Crippen molar-refractivity contribution >= 4 is 23.0 Å². The highest BCUT2D eigenvalue weighted by Crippen LogP contribution is 2.31. The lowest BCUT2D eigenvalue weighted by Gasteiger charge is -2.22.